The Bertz CT molecular complexity index is 1210. The molecule has 0 atom stereocenters. The summed E-state index contributed by atoms with van der Waals surface area (Å²) in [6.07, 6.45) is 6.74. The molecule has 0 spiro atoms. The summed E-state index contributed by atoms with van der Waals surface area (Å²) in [6, 6.07) is 7.40. The fourth-order valence-corrected chi connectivity index (χ4v) is 6.17. The van der Waals surface area contributed by atoms with E-state index in [9.17, 15) is 9.59 Å². The third kappa shape index (κ3) is 4.11. The first-order valence-electron chi connectivity index (χ1n) is 11.7. The Morgan fingerprint density at radius 3 is 2.75 bits per heavy atom. The number of benzene rings is 1. The molecule has 1 saturated heterocycles. The molecule has 1 fully saturated rings. The number of carbonyl (C=O) groups is 1. The fourth-order valence-electron chi connectivity index (χ4n) is 4.90. The fraction of sp³-hybridized carbons (Fsp3) is 0.480. The number of likely N-dealkylation sites (tertiary alicyclic amines) is 1. The van der Waals surface area contributed by atoms with Crippen LogP contribution < -0.4 is 5.56 Å². The van der Waals surface area contributed by atoms with E-state index in [1.165, 1.54) is 29.7 Å². The van der Waals surface area contributed by atoms with Gasteiger partial charge in [0.25, 0.3) is 5.56 Å². The van der Waals surface area contributed by atoms with E-state index in [0.29, 0.717) is 25.3 Å². The lowest BCUT2D eigenvalue weighted by Gasteiger charge is -2.19. The first-order valence-corrected chi connectivity index (χ1v) is 12.5. The second-order valence-corrected chi connectivity index (χ2v) is 9.80. The lowest BCUT2D eigenvalue weighted by Crippen LogP contribution is -2.30. The van der Waals surface area contributed by atoms with Crippen molar-refractivity contribution >= 4 is 27.5 Å². The van der Waals surface area contributed by atoms with Crippen LogP contribution in [0.2, 0.25) is 0 Å². The van der Waals surface area contributed by atoms with Crippen LogP contribution in [0, 0.1) is 0 Å². The van der Waals surface area contributed by atoms with Crippen LogP contribution >= 0.6 is 11.3 Å². The van der Waals surface area contributed by atoms with Crippen LogP contribution in [0.15, 0.2) is 29.1 Å². The van der Waals surface area contributed by atoms with E-state index in [-0.39, 0.29) is 11.5 Å². The molecule has 0 amide bonds. The van der Waals surface area contributed by atoms with E-state index in [2.05, 4.69) is 4.90 Å². The molecule has 7 heteroatoms. The maximum Gasteiger partial charge on any atom is 0.338 e. The second kappa shape index (κ2) is 9.16. The average Bonchev–Trinajstić information content (AvgIpc) is 3.44. The van der Waals surface area contributed by atoms with Crippen LogP contribution in [0.1, 0.15) is 64.8 Å². The van der Waals surface area contributed by atoms with Gasteiger partial charge < -0.3 is 4.74 Å². The zero-order chi connectivity index (χ0) is 22.1. The van der Waals surface area contributed by atoms with Gasteiger partial charge in [-0.15, -0.1) is 11.3 Å². The predicted molar refractivity (Wildman–Crippen MR) is 127 cm³/mol. The van der Waals surface area contributed by atoms with Gasteiger partial charge in [-0.05, 0) is 81.8 Å². The van der Waals surface area contributed by atoms with Gasteiger partial charge in [0.15, 0.2) is 0 Å². The Hall–Kier alpha value is -2.51. The number of ether oxygens (including phenoxy) is 1. The van der Waals surface area contributed by atoms with Gasteiger partial charge in [-0.1, -0.05) is 12.1 Å². The van der Waals surface area contributed by atoms with Gasteiger partial charge in [0.2, 0.25) is 0 Å². The number of hydrogen-bond acceptors (Lipinski definition) is 6. The van der Waals surface area contributed by atoms with E-state index >= 15 is 0 Å². The molecule has 2 aromatic heterocycles. The molecule has 0 N–H and O–H groups in total. The number of fused-ring (bicyclic) bond motifs is 3. The second-order valence-electron chi connectivity index (χ2n) is 8.71. The molecule has 1 aliphatic heterocycles. The monoisotopic (exact) mass is 451 g/mol. The molecule has 0 unspecified atom stereocenters. The molecular formula is C25H29N3O3S. The van der Waals surface area contributed by atoms with Crippen molar-refractivity contribution in [2.24, 2.45) is 0 Å². The SMILES string of the molecule is CCOC(=O)c1cccc(Cn2c(CN3CCCC3)nc3sc4c(c3c2=O)CCCC4)c1. The number of esters is 1. The van der Waals surface area contributed by atoms with Crippen LogP contribution in [0.3, 0.4) is 0 Å². The number of rotatable bonds is 6. The van der Waals surface area contributed by atoms with Gasteiger partial charge in [-0.3, -0.25) is 14.3 Å². The third-order valence-corrected chi connectivity index (χ3v) is 7.68. The summed E-state index contributed by atoms with van der Waals surface area (Å²) >= 11 is 1.71. The number of carbonyl (C=O) groups excluding carboxylic acids is 1. The summed E-state index contributed by atoms with van der Waals surface area (Å²) in [6.45, 7) is 5.33. The van der Waals surface area contributed by atoms with Gasteiger partial charge in [0, 0.05) is 4.88 Å². The van der Waals surface area contributed by atoms with E-state index in [4.69, 9.17) is 9.72 Å². The van der Waals surface area contributed by atoms with Gasteiger partial charge in [-0.25, -0.2) is 9.78 Å². The van der Waals surface area contributed by atoms with E-state index < -0.39 is 0 Å². The summed E-state index contributed by atoms with van der Waals surface area (Å²) in [5.41, 5.74) is 2.70. The van der Waals surface area contributed by atoms with Crippen molar-refractivity contribution in [2.75, 3.05) is 19.7 Å². The minimum atomic E-state index is -0.334. The van der Waals surface area contributed by atoms with E-state index in [1.54, 1.807) is 24.3 Å². The average molecular weight is 452 g/mol. The van der Waals surface area contributed by atoms with Crippen LogP contribution in [0.4, 0.5) is 0 Å². The Morgan fingerprint density at radius 2 is 1.94 bits per heavy atom. The van der Waals surface area contributed by atoms with Crippen molar-refractivity contribution in [3.05, 3.63) is 62.0 Å². The molecule has 0 bridgehead atoms. The Kier molecular flexibility index (Phi) is 6.11. The maximum absolute atomic E-state index is 13.8. The third-order valence-electron chi connectivity index (χ3n) is 6.50. The first kappa shape index (κ1) is 21.3. The predicted octanol–water partition coefficient (Wildman–Crippen LogP) is 4.16. The zero-order valence-corrected chi connectivity index (χ0v) is 19.4. The number of aryl methyl sites for hydroxylation is 2. The molecule has 3 aromatic rings. The van der Waals surface area contributed by atoms with Crippen LogP contribution in [-0.4, -0.2) is 40.1 Å². The largest absolute Gasteiger partial charge is 0.462 e. The highest BCUT2D eigenvalue weighted by molar-refractivity contribution is 7.18. The molecule has 5 rings (SSSR count). The first-order chi connectivity index (χ1) is 15.6. The number of hydrogen-bond donors (Lipinski definition) is 0. The molecule has 168 valence electrons. The summed E-state index contributed by atoms with van der Waals surface area (Å²) < 4.78 is 6.99. The Labute approximate surface area is 191 Å². The normalized spacial score (nSPS) is 16.4. The molecule has 2 aliphatic rings. The molecule has 0 radical (unpaired) electrons. The molecule has 32 heavy (non-hydrogen) atoms. The van der Waals surface area contributed by atoms with Crippen molar-refractivity contribution in [1.82, 2.24) is 14.5 Å². The summed E-state index contributed by atoms with van der Waals surface area (Å²) in [4.78, 5) is 35.7. The van der Waals surface area contributed by atoms with Gasteiger partial charge in [0.05, 0.1) is 30.6 Å². The molecule has 1 aromatic carbocycles. The number of aromatic nitrogens is 2. The minimum absolute atomic E-state index is 0.0603. The molecular weight excluding hydrogens is 422 g/mol. The Balaban J connectivity index is 1.58. The Morgan fingerprint density at radius 1 is 1.12 bits per heavy atom. The van der Waals surface area contributed by atoms with Crippen molar-refractivity contribution in [3.63, 3.8) is 0 Å². The van der Waals surface area contributed by atoms with Gasteiger partial charge >= 0.3 is 5.97 Å². The highest BCUT2D eigenvalue weighted by Gasteiger charge is 2.23. The van der Waals surface area contributed by atoms with Crippen molar-refractivity contribution in [2.45, 2.75) is 58.5 Å². The van der Waals surface area contributed by atoms with Crippen LogP contribution in [0.5, 0.6) is 0 Å². The highest BCUT2D eigenvalue weighted by Crippen LogP contribution is 2.34. The molecule has 0 saturated carbocycles. The molecule has 1 aliphatic carbocycles. The van der Waals surface area contributed by atoms with Crippen molar-refractivity contribution in [1.29, 1.82) is 0 Å². The number of nitrogens with zero attached hydrogens (tertiary/aromatic N) is 3. The quantitative estimate of drug-likeness (QED) is 0.527. The lowest BCUT2D eigenvalue weighted by atomic mass is 9.97. The van der Waals surface area contributed by atoms with E-state index in [1.807, 2.05) is 22.8 Å². The summed E-state index contributed by atoms with van der Waals surface area (Å²) in [5.74, 6) is 0.490. The summed E-state index contributed by atoms with van der Waals surface area (Å²) in [5, 5.41) is 0.816. The van der Waals surface area contributed by atoms with Gasteiger partial charge in [0.1, 0.15) is 10.7 Å². The van der Waals surface area contributed by atoms with Crippen LogP contribution in [-0.2, 0) is 30.7 Å². The van der Waals surface area contributed by atoms with Gasteiger partial charge in [-0.2, -0.15) is 0 Å². The maximum atomic E-state index is 13.8. The zero-order valence-electron chi connectivity index (χ0n) is 18.6. The smallest absolute Gasteiger partial charge is 0.338 e. The highest BCUT2D eigenvalue weighted by atomic mass is 32.1. The topological polar surface area (TPSA) is 64.4 Å². The minimum Gasteiger partial charge on any atom is -0.462 e. The summed E-state index contributed by atoms with van der Waals surface area (Å²) in [7, 11) is 0. The van der Waals surface area contributed by atoms with Crippen molar-refractivity contribution < 1.29 is 9.53 Å². The number of thiophene rings is 1. The standard InChI is InChI=1S/C25H29N3O3S/c1-2-31-25(30)18-9-7-8-17(14-18)15-28-21(16-27-12-5-6-13-27)26-23-22(24(28)29)19-10-3-4-11-20(19)32-23/h7-9,14H,2-6,10-13,15-16H2,1H3. The molecule has 3 heterocycles. The lowest BCUT2D eigenvalue weighted by molar-refractivity contribution is 0.0526. The van der Waals surface area contributed by atoms with E-state index in [0.717, 1.165) is 54.0 Å². The molecule has 6 nitrogen and oxygen atoms in total. The van der Waals surface area contributed by atoms with Crippen LogP contribution in [0.25, 0.3) is 10.2 Å². The van der Waals surface area contributed by atoms with Crippen molar-refractivity contribution in [3.8, 4) is 0 Å².